The van der Waals surface area contributed by atoms with Gasteiger partial charge in [-0.05, 0) is 125 Å². The Morgan fingerprint density at radius 3 is 2.51 bits per heavy atom. The first-order chi connectivity index (χ1) is 24.5. The molecule has 2 aromatic carbocycles. The molecule has 0 radical (unpaired) electrons. The van der Waals surface area contributed by atoms with Crippen LogP contribution in [-0.2, 0) is 37.3 Å². The van der Waals surface area contributed by atoms with E-state index in [9.17, 15) is 13.2 Å². The Balaban J connectivity index is 1.36. The quantitative estimate of drug-likeness (QED) is 0.378. The van der Waals surface area contributed by atoms with E-state index in [1.54, 1.807) is 13.2 Å². The molecule has 3 aliphatic heterocycles. The Bertz CT molecular complexity index is 1600. The van der Waals surface area contributed by atoms with Gasteiger partial charge in [-0.1, -0.05) is 31.0 Å². The van der Waals surface area contributed by atoms with Crippen molar-refractivity contribution >= 4 is 33.2 Å². The standard InChI is InChI=1S/C39H56ClN3O7S/c1-26-8-7-10-34(39-49-24-32(25-50-39)42(2)3)33-15-12-29(33)22-43-18-6-5-9-27-20-31(40)14-11-30(27)23-48-36-16-13-28(21-35(36)43)38(44)41-51(45,46)37(26)17-19-47-4/h11,13-14,16,20-21,26,29,32-34,37,39H,5-10,12,15,17-19,22-25H2,1-4H3,(H,41,44)/t26-,29-,32-,33+,34+,37+,39-/m0/s1. The Labute approximate surface area is 309 Å². The summed E-state index contributed by atoms with van der Waals surface area (Å²) in [6, 6.07) is 11.5. The number of ether oxygens (including phenoxy) is 4. The monoisotopic (exact) mass is 745 g/mol. The molecule has 12 heteroatoms. The fourth-order valence-corrected chi connectivity index (χ4v) is 10.3. The van der Waals surface area contributed by atoms with Gasteiger partial charge in [-0.25, -0.2) is 13.1 Å². The van der Waals surface area contributed by atoms with Gasteiger partial charge in [-0.2, -0.15) is 0 Å². The number of fused-ring (bicyclic) bond motifs is 3. The molecule has 51 heavy (non-hydrogen) atoms. The van der Waals surface area contributed by atoms with E-state index in [1.807, 2.05) is 37.3 Å². The maximum Gasteiger partial charge on any atom is 0.264 e. The number of benzene rings is 2. The van der Waals surface area contributed by atoms with Gasteiger partial charge in [0.15, 0.2) is 6.29 Å². The zero-order valence-corrected chi connectivity index (χ0v) is 32.2. The highest BCUT2D eigenvalue weighted by Gasteiger charge is 2.44. The first-order valence-electron chi connectivity index (χ1n) is 18.8. The van der Waals surface area contributed by atoms with Gasteiger partial charge in [-0.15, -0.1) is 0 Å². The number of likely N-dealkylation sites (N-methyl/N-ethyl adjacent to an activating group) is 1. The minimum absolute atomic E-state index is 0.184. The molecule has 1 aliphatic carbocycles. The van der Waals surface area contributed by atoms with E-state index in [0.717, 1.165) is 69.3 Å². The summed E-state index contributed by atoms with van der Waals surface area (Å²) in [7, 11) is 1.67. The van der Waals surface area contributed by atoms with Gasteiger partial charge in [0.1, 0.15) is 12.4 Å². The van der Waals surface area contributed by atoms with Crippen LogP contribution in [0.1, 0.15) is 79.8 Å². The fraction of sp³-hybridized carbons (Fsp3) is 0.667. The van der Waals surface area contributed by atoms with Crippen molar-refractivity contribution in [2.45, 2.75) is 88.9 Å². The summed E-state index contributed by atoms with van der Waals surface area (Å²) in [6.07, 6.45) is 7.48. The van der Waals surface area contributed by atoms with Gasteiger partial charge in [0.05, 0.1) is 30.2 Å². The zero-order valence-electron chi connectivity index (χ0n) is 30.7. The molecule has 1 N–H and O–H groups in total. The number of anilines is 1. The van der Waals surface area contributed by atoms with E-state index >= 15 is 0 Å². The number of hydrogen-bond donors (Lipinski definition) is 1. The van der Waals surface area contributed by atoms with Crippen LogP contribution in [0, 0.1) is 23.7 Å². The molecule has 5 atom stereocenters. The predicted molar refractivity (Wildman–Crippen MR) is 200 cm³/mol. The van der Waals surface area contributed by atoms with Crippen molar-refractivity contribution in [2.75, 3.05) is 59.0 Å². The van der Waals surface area contributed by atoms with Gasteiger partial charge >= 0.3 is 0 Å². The molecule has 282 valence electrons. The molecule has 1 saturated heterocycles. The molecule has 1 amide bonds. The molecule has 0 spiro atoms. The summed E-state index contributed by atoms with van der Waals surface area (Å²) in [5, 5.41) is -0.0613. The Hall–Kier alpha value is -2.41. The van der Waals surface area contributed by atoms with E-state index in [-0.39, 0.29) is 30.8 Å². The third kappa shape index (κ3) is 9.22. The lowest BCUT2D eigenvalue weighted by Gasteiger charge is -2.48. The average molecular weight is 746 g/mol. The van der Waals surface area contributed by atoms with Gasteiger partial charge < -0.3 is 28.7 Å². The molecular formula is C39H56ClN3O7S. The van der Waals surface area contributed by atoms with E-state index in [0.29, 0.717) is 60.8 Å². The van der Waals surface area contributed by atoms with Crippen molar-refractivity contribution in [2.24, 2.45) is 23.7 Å². The maximum atomic E-state index is 13.9. The third-order valence-corrected chi connectivity index (χ3v) is 14.0. The van der Waals surface area contributed by atoms with Crippen molar-refractivity contribution in [1.29, 1.82) is 0 Å². The number of nitrogens with one attached hydrogen (secondary N) is 1. The number of methoxy groups -OCH3 is 1. The number of rotatable bonds is 5. The van der Waals surface area contributed by atoms with Crippen molar-refractivity contribution in [3.63, 3.8) is 0 Å². The largest absolute Gasteiger partial charge is 0.487 e. The Morgan fingerprint density at radius 1 is 0.980 bits per heavy atom. The third-order valence-electron chi connectivity index (χ3n) is 11.8. The number of hydrogen-bond acceptors (Lipinski definition) is 9. The average Bonchev–Trinajstić information content (AvgIpc) is 3.12. The van der Waals surface area contributed by atoms with Crippen LogP contribution in [-0.4, -0.2) is 90.9 Å². The van der Waals surface area contributed by atoms with E-state index in [4.69, 9.17) is 30.5 Å². The van der Waals surface area contributed by atoms with Crippen LogP contribution in [0.5, 0.6) is 5.75 Å². The molecule has 3 heterocycles. The molecule has 10 nitrogen and oxygen atoms in total. The highest BCUT2D eigenvalue weighted by Crippen LogP contribution is 2.46. The van der Waals surface area contributed by atoms with E-state index < -0.39 is 21.2 Å². The van der Waals surface area contributed by atoms with Crippen molar-refractivity contribution < 1.29 is 32.2 Å². The van der Waals surface area contributed by atoms with E-state index in [2.05, 4.69) is 28.6 Å². The number of aryl methyl sites for hydroxylation is 1. The second-order valence-electron chi connectivity index (χ2n) is 15.3. The SMILES string of the molecule is COCC[C@@H]1[C@@H](C)CCC[C@@H]([C@H]2OC[C@H](N(C)C)CO2)[C@@H]2CC[C@H]2CN2CCCCc3cc(Cl)ccc3COc3ccc(cc32)C(=O)NS1(=O)=O. The van der Waals surface area contributed by atoms with Crippen LogP contribution in [0.4, 0.5) is 5.69 Å². The second kappa shape index (κ2) is 17.2. The number of halogens is 1. The minimum Gasteiger partial charge on any atom is -0.487 e. The first kappa shape index (κ1) is 38.3. The predicted octanol–water partition coefficient (Wildman–Crippen LogP) is 6.29. The Morgan fingerprint density at radius 2 is 1.78 bits per heavy atom. The van der Waals surface area contributed by atoms with E-state index in [1.165, 1.54) is 5.56 Å². The molecular weight excluding hydrogens is 690 g/mol. The van der Waals surface area contributed by atoms with Gasteiger partial charge in [0, 0.05) is 43.3 Å². The number of carbonyl (C=O) groups excluding carboxylic acids is 1. The number of sulfonamides is 1. The van der Waals surface area contributed by atoms with Crippen molar-refractivity contribution in [3.8, 4) is 5.75 Å². The molecule has 2 aromatic rings. The number of carbonyl (C=O) groups is 1. The van der Waals surface area contributed by atoms with Crippen LogP contribution in [0.2, 0.25) is 5.02 Å². The van der Waals surface area contributed by atoms with Crippen LogP contribution < -0.4 is 14.4 Å². The summed E-state index contributed by atoms with van der Waals surface area (Å²) in [6.45, 7) is 5.48. The van der Waals surface area contributed by atoms with Crippen LogP contribution in [0.3, 0.4) is 0 Å². The summed E-state index contributed by atoms with van der Waals surface area (Å²) in [5.74, 6) is 0.884. The molecule has 0 unspecified atom stereocenters. The summed E-state index contributed by atoms with van der Waals surface area (Å²) >= 11 is 6.39. The summed E-state index contributed by atoms with van der Waals surface area (Å²) < 4.78 is 55.1. The van der Waals surface area contributed by atoms with Crippen LogP contribution >= 0.6 is 11.6 Å². The van der Waals surface area contributed by atoms with Gasteiger partial charge in [0.2, 0.25) is 10.0 Å². The first-order valence-corrected chi connectivity index (χ1v) is 20.7. The second-order valence-corrected chi connectivity index (χ2v) is 17.6. The van der Waals surface area contributed by atoms with Crippen LogP contribution in [0.15, 0.2) is 36.4 Å². The molecule has 2 fully saturated rings. The topological polar surface area (TPSA) is 107 Å². The molecule has 1 saturated carbocycles. The van der Waals surface area contributed by atoms with Gasteiger partial charge in [0.25, 0.3) is 5.91 Å². The molecule has 4 aliphatic rings. The summed E-state index contributed by atoms with van der Waals surface area (Å²) in [5.41, 5.74) is 3.38. The van der Waals surface area contributed by atoms with Crippen molar-refractivity contribution in [1.82, 2.24) is 9.62 Å². The smallest absolute Gasteiger partial charge is 0.264 e. The molecule has 0 aromatic heterocycles. The minimum atomic E-state index is -4.02. The maximum absolute atomic E-state index is 13.9. The molecule has 2 bridgehead atoms. The number of amides is 1. The highest BCUT2D eigenvalue weighted by atomic mass is 35.5. The lowest BCUT2D eigenvalue weighted by atomic mass is 9.65. The highest BCUT2D eigenvalue weighted by molar-refractivity contribution is 7.90. The molecule has 6 rings (SSSR count). The Kier molecular flexibility index (Phi) is 12.9. The zero-order chi connectivity index (χ0) is 36.1. The lowest BCUT2D eigenvalue weighted by Crippen LogP contribution is -2.50. The fourth-order valence-electron chi connectivity index (χ4n) is 8.46. The van der Waals surface area contributed by atoms with Crippen LogP contribution in [0.25, 0.3) is 0 Å². The lowest BCUT2D eigenvalue weighted by molar-refractivity contribution is -0.240. The normalized spacial score (nSPS) is 30.5. The van der Waals surface area contributed by atoms with Crippen molar-refractivity contribution in [3.05, 3.63) is 58.1 Å². The summed E-state index contributed by atoms with van der Waals surface area (Å²) in [4.78, 5) is 18.3. The number of nitrogens with zero attached hydrogens (tertiary/aromatic N) is 2. The van der Waals surface area contributed by atoms with Gasteiger partial charge in [-0.3, -0.25) is 4.79 Å².